The van der Waals surface area contributed by atoms with Crippen molar-refractivity contribution in [2.75, 3.05) is 19.9 Å². The maximum Gasteiger partial charge on any atom is 0.0894 e. The van der Waals surface area contributed by atoms with Crippen molar-refractivity contribution in [2.24, 2.45) is 0 Å². The summed E-state index contributed by atoms with van der Waals surface area (Å²) in [5, 5.41) is 0. The first kappa shape index (κ1) is 28.1. The van der Waals surface area contributed by atoms with Gasteiger partial charge in [0, 0.05) is 6.61 Å². The Morgan fingerprint density at radius 1 is 0.677 bits per heavy atom. The third-order valence-corrected chi connectivity index (χ3v) is 6.01. The summed E-state index contributed by atoms with van der Waals surface area (Å²) >= 11 is 0. The molecule has 180 valence electrons. The second-order valence-electron chi connectivity index (χ2n) is 8.89. The van der Waals surface area contributed by atoms with E-state index in [4.69, 9.17) is 9.47 Å². The standard InChI is InChI=1S/C28H49FO2/c1-2-28(31-25-27-21-17-16-18-22-27)26-30-24-20-15-13-11-9-7-5-3-4-6-8-10-12-14-19-23-29/h16-18,21-22,28H,2-15,19-20,23-26H2,1H3. The van der Waals surface area contributed by atoms with Gasteiger partial charge in [0.2, 0.25) is 0 Å². The maximum atomic E-state index is 12.0. The minimum Gasteiger partial charge on any atom is -0.379 e. The lowest BCUT2D eigenvalue weighted by Gasteiger charge is -2.16. The Hall–Kier alpha value is -0.930. The zero-order valence-electron chi connectivity index (χ0n) is 20.3. The zero-order valence-corrected chi connectivity index (χ0v) is 20.3. The molecule has 0 saturated heterocycles. The summed E-state index contributed by atoms with van der Waals surface area (Å²) in [4.78, 5) is 0. The lowest BCUT2D eigenvalue weighted by Crippen LogP contribution is -2.19. The number of rotatable bonds is 23. The van der Waals surface area contributed by atoms with Gasteiger partial charge >= 0.3 is 0 Å². The average Bonchev–Trinajstić information content (AvgIpc) is 2.81. The second kappa shape index (κ2) is 22.3. The van der Waals surface area contributed by atoms with Crippen LogP contribution in [0.1, 0.15) is 115 Å². The van der Waals surface area contributed by atoms with E-state index < -0.39 is 0 Å². The van der Waals surface area contributed by atoms with Crippen molar-refractivity contribution in [3.63, 3.8) is 0 Å². The summed E-state index contributed by atoms with van der Waals surface area (Å²) < 4.78 is 23.8. The molecule has 0 heterocycles. The molecule has 0 aliphatic carbocycles. The molecule has 1 aromatic rings. The first-order chi connectivity index (χ1) is 15.4. The van der Waals surface area contributed by atoms with Crippen molar-refractivity contribution in [2.45, 2.75) is 122 Å². The van der Waals surface area contributed by atoms with Gasteiger partial charge in [-0.25, -0.2) is 0 Å². The molecule has 0 saturated carbocycles. The lowest BCUT2D eigenvalue weighted by molar-refractivity contribution is -0.0269. The van der Waals surface area contributed by atoms with Crippen molar-refractivity contribution >= 4 is 0 Å². The van der Waals surface area contributed by atoms with Crippen molar-refractivity contribution in [3.8, 4) is 0 Å². The summed E-state index contributed by atoms with van der Waals surface area (Å²) in [6, 6.07) is 10.4. The third kappa shape index (κ3) is 18.4. The minimum absolute atomic E-state index is 0.141. The van der Waals surface area contributed by atoms with Crippen LogP contribution in [0.3, 0.4) is 0 Å². The fraction of sp³-hybridized carbons (Fsp3) is 0.786. The Kier molecular flexibility index (Phi) is 20.2. The van der Waals surface area contributed by atoms with E-state index in [1.165, 1.54) is 89.0 Å². The zero-order chi connectivity index (χ0) is 22.2. The van der Waals surface area contributed by atoms with E-state index in [1.54, 1.807) is 0 Å². The Morgan fingerprint density at radius 3 is 1.65 bits per heavy atom. The molecule has 0 radical (unpaired) electrons. The molecule has 31 heavy (non-hydrogen) atoms. The number of unbranched alkanes of at least 4 members (excludes halogenated alkanes) is 14. The van der Waals surface area contributed by atoms with Gasteiger partial charge in [0.1, 0.15) is 0 Å². The van der Waals surface area contributed by atoms with E-state index in [2.05, 4.69) is 31.2 Å². The highest BCUT2D eigenvalue weighted by Gasteiger charge is 2.07. The quantitative estimate of drug-likeness (QED) is 0.160. The second-order valence-corrected chi connectivity index (χ2v) is 8.89. The van der Waals surface area contributed by atoms with E-state index >= 15 is 0 Å². The highest BCUT2D eigenvalue weighted by Crippen LogP contribution is 2.13. The van der Waals surface area contributed by atoms with Crippen molar-refractivity contribution < 1.29 is 13.9 Å². The van der Waals surface area contributed by atoms with Gasteiger partial charge in [0.25, 0.3) is 0 Å². The number of halogens is 1. The number of ether oxygens (including phenoxy) is 2. The van der Waals surface area contributed by atoms with Crippen LogP contribution in [0.2, 0.25) is 0 Å². The molecule has 1 unspecified atom stereocenters. The van der Waals surface area contributed by atoms with Crippen LogP contribution < -0.4 is 0 Å². The number of benzene rings is 1. The SMILES string of the molecule is CCC(COCCCCCCCCCCCCCCCCCF)OCc1ccccc1. The van der Waals surface area contributed by atoms with Crippen LogP contribution >= 0.6 is 0 Å². The van der Waals surface area contributed by atoms with Gasteiger partial charge in [-0.1, -0.05) is 121 Å². The highest BCUT2D eigenvalue weighted by atomic mass is 19.1. The summed E-state index contributed by atoms with van der Waals surface area (Å²) in [5.41, 5.74) is 1.22. The molecule has 0 bridgehead atoms. The van der Waals surface area contributed by atoms with Gasteiger partial charge < -0.3 is 9.47 Å². The molecule has 0 N–H and O–H groups in total. The predicted octanol–water partition coefficient (Wildman–Crippen LogP) is 8.82. The van der Waals surface area contributed by atoms with E-state index in [0.29, 0.717) is 13.2 Å². The smallest absolute Gasteiger partial charge is 0.0894 e. The van der Waals surface area contributed by atoms with Crippen LogP contribution in [0.4, 0.5) is 4.39 Å². The predicted molar refractivity (Wildman–Crippen MR) is 131 cm³/mol. The van der Waals surface area contributed by atoms with Crippen LogP contribution in [-0.2, 0) is 16.1 Å². The van der Waals surface area contributed by atoms with Crippen LogP contribution in [-0.4, -0.2) is 26.0 Å². The summed E-state index contributed by atoms with van der Waals surface area (Å²) in [7, 11) is 0. The van der Waals surface area contributed by atoms with Crippen molar-refractivity contribution in [1.82, 2.24) is 0 Å². The molecule has 1 rings (SSSR count). The lowest BCUT2D eigenvalue weighted by atomic mass is 10.0. The molecule has 1 atom stereocenters. The molecule has 1 aromatic carbocycles. The molecular formula is C28H49FO2. The molecule has 3 heteroatoms. The van der Waals surface area contributed by atoms with Gasteiger partial charge in [-0.3, -0.25) is 4.39 Å². The van der Waals surface area contributed by atoms with E-state index in [1.807, 2.05) is 6.07 Å². The number of hydrogen-bond acceptors (Lipinski definition) is 2. The van der Waals surface area contributed by atoms with Crippen LogP contribution in [0, 0.1) is 0 Å². The molecule has 0 amide bonds. The van der Waals surface area contributed by atoms with Crippen LogP contribution in [0.25, 0.3) is 0 Å². The van der Waals surface area contributed by atoms with Gasteiger partial charge in [-0.15, -0.1) is 0 Å². The molecule has 2 nitrogen and oxygen atoms in total. The normalized spacial score (nSPS) is 12.3. The van der Waals surface area contributed by atoms with Gasteiger partial charge in [-0.05, 0) is 24.8 Å². The number of hydrogen-bond donors (Lipinski definition) is 0. The maximum absolute atomic E-state index is 12.0. The summed E-state index contributed by atoms with van der Waals surface area (Å²) in [6.45, 7) is 4.26. The van der Waals surface area contributed by atoms with Gasteiger partial charge in [0.15, 0.2) is 0 Å². The summed E-state index contributed by atoms with van der Waals surface area (Å²) in [5.74, 6) is 0. The first-order valence-corrected chi connectivity index (χ1v) is 13.2. The topological polar surface area (TPSA) is 18.5 Å². The highest BCUT2D eigenvalue weighted by molar-refractivity contribution is 5.13. The fourth-order valence-corrected chi connectivity index (χ4v) is 3.88. The van der Waals surface area contributed by atoms with E-state index in [-0.39, 0.29) is 12.8 Å². The number of alkyl halides is 1. The van der Waals surface area contributed by atoms with Crippen molar-refractivity contribution in [1.29, 1.82) is 0 Å². The largest absolute Gasteiger partial charge is 0.379 e. The summed E-state index contributed by atoms with van der Waals surface area (Å²) in [6.07, 6.45) is 20.3. The monoisotopic (exact) mass is 436 g/mol. The van der Waals surface area contributed by atoms with Crippen LogP contribution in [0.15, 0.2) is 30.3 Å². The van der Waals surface area contributed by atoms with Gasteiger partial charge in [0.05, 0.1) is 26.0 Å². The Labute approximate surface area is 192 Å². The van der Waals surface area contributed by atoms with E-state index in [0.717, 1.165) is 25.9 Å². The Bertz CT molecular complexity index is 465. The third-order valence-electron chi connectivity index (χ3n) is 6.01. The van der Waals surface area contributed by atoms with E-state index in [9.17, 15) is 4.39 Å². The van der Waals surface area contributed by atoms with Crippen LogP contribution in [0.5, 0.6) is 0 Å². The first-order valence-electron chi connectivity index (χ1n) is 13.2. The van der Waals surface area contributed by atoms with Gasteiger partial charge in [-0.2, -0.15) is 0 Å². The average molecular weight is 437 g/mol. The Morgan fingerprint density at radius 2 is 1.16 bits per heavy atom. The minimum atomic E-state index is -0.141. The fourth-order valence-electron chi connectivity index (χ4n) is 3.88. The molecular weight excluding hydrogens is 387 g/mol. The Balaban J connectivity index is 1.78. The molecule has 0 spiro atoms. The molecule has 0 aliphatic heterocycles. The molecule has 0 fully saturated rings. The van der Waals surface area contributed by atoms with Crippen molar-refractivity contribution in [3.05, 3.63) is 35.9 Å². The molecule has 0 aromatic heterocycles. The molecule has 0 aliphatic rings.